The summed E-state index contributed by atoms with van der Waals surface area (Å²) in [6, 6.07) is 12.2. The third kappa shape index (κ3) is 5.10. The van der Waals surface area contributed by atoms with E-state index in [2.05, 4.69) is 10.5 Å². The smallest absolute Gasteiger partial charge is 0.253 e. The first-order valence-corrected chi connectivity index (χ1v) is 10.00. The van der Waals surface area contributed by atoms with Gasteiger partial charge in [-0.2, -0.15) is 5.10 Å². The molecule has 158 valence electrons. The van der Waals surface area contributed by atoms with Crippen molar-refractivity contribution in [3.05, 3.63) is 58.6 Å². The summed E-state index contributed by atoms with van der Waals surface area (Å²) in [4.78, 5) is 26.8. The Balaban J connectivity index is 1.53. The van der Waals surface area contributed by atoms with E-state index in [0.717, 1.165) is 0 Å². The maximum atomic E-state index is 12.6. The number of nitrogens with one attached hydrogen (secondary N) is 1. The second kappa shape index (κ2) is 10.1. The number of hydrogen-bond acceptors (Lipinski definition) is 5. The summed E-state index contributed by atoms with van der Waals surface area (Å²) < 4.78 is 10.6. The summed E-state index contributed by atoms with van der Waals surface area (Å²) in [5, 5.41) is 4.65. The number of carbonyl (C=O) groups is 2. The van der Waals surface area contributed by atoms with Crippen LogP contribution in [0.1, 0.15) is 28.8 Å². The fourth-order valence-corrected chi connectivity index (χ4v) is 3.52. The van der Waals surface area contributed by atoms with Gasteiger partial charge in [0.15, 0.2) is 11.5 Å². The first-order chi connectivity index (χ1) is 14.5. The van der Waals surface area contributed by atoms with Gasteiger partial charge in [-0.3, -0.25) is 9.59 Å². The van der Waals surface area contributed by atoms with Crippen molar-refractivity contribution >= 4 is 29.6 Å². The van der Waals surface area contributed by atoms with E-state index in [0.29, 0.717) is 53.6 Å². The summed E-state index contributed by atoms with van der Waals surface area (Å²) in [5.74, 6) is 0.738. The van der Waals surface area contributed by atoms with Crippen LogP contribution in [0.15, 0.2) is 47.6 Å². The van der Waals surface area contributed by atoms with Crippen molar-refractivity contribution in [2.24, 2.45) is 11.0 Å². The van der Waals surface area contributed by atoms with Crippen molar-refractivity contribution in [1.82, 2.24) is 10.3 Å². The first kappa shape index (κ1) is 21.6. The number of amides is 2. The normalized spacial score (nSPS) is 14.6. The number of ether oxygens (including phenoxy) is 2. The highest BCUT2D eigenvalue weighted by Gasteiger charge is 2.27. The monoisotopic (exact) mass is 429 g/mol. The maximum Gasteiger partial charge on any atom is 0.253 e. The van der Waals surface area contributed by atoms with Gasteiger partial charge in [0.2, 0.25) is 5.91 Å². The average molecular weight is 430 g/mol. The number of hydrazone groups is 1. The second-order valence-corrected chi connectivity index (χ2v) is 7.33. The van der Waals surface area contributed by atoms with Crippen LogP contribution in [-0.2, 0) is 4.79 Å². The van der Waals surface area contributed by atoms with Gasteiger partial charge in [0.25, 0.3) is 5.91 Å². The van der Waals surface area contributed by atoms with E-state index in [1.54, 1.807) is 49.5 Å². The summed E-state index contributed by atoms with van der Waals surface area (Å²) in [6.07, 6.45) is 2.70. The predicted octanol–water partition coefficient (Wildman–Crippen LogP) is 3.36. The van der Waals surface area contributed by atoms with Gasteiger partial charge in [-0.25, -0.2) is 5.43 Å². The van der Waals surface area contributed by atoms with Gasteiger partial charge in [0.1, 0.15) is 0 Å². The number of carbonyl (C=O) groups excluding carboxylic acids is 2. The van der Waals surface area contributed by atoms with Crippen LogP contribution >= 0.6 is 11.6 Å². The number of likely N-dealkylation sites (tertiary alicyclic amines) is 1. The summed E-state index contributed by atoms with van der Waals surface area (Å²) >= 11 is 5.87. The Labute approximate surface area is 180 Å². The molecule has 0 aromatic heterocycles. The van der Waals surface area contributed by atoms with Crippen molar-refractivity contribution < 1.29 is 19.1 Å². The lowest BCUT2D eigenvalue weighted by molar-refractivity contribution is -0.126. The summed E-state index contributed by atoms with van der Waals surface area (Å²) in [5.41, 5.74) is 3.88. The molecule has 3 rings (SSSR count). The van der Waals surface area contributed by atoms with E-state index in [1.807, 2.05) is 12.1 Å². The lowest BCUT2D eigenvalue weighted by atomic mass is 9.95. The Morgan fingerprint density at radius 1 is 1.10 bits per heavy atom. The topological polar surface area (TPSA) is 80.2 Å². The molecule has 1 aliphatic rings. The van der Waals surface area contributed by atoms with Crippen LogP contribution < -0.4 is 14.9 Å². The van der Waals surface area contributed by atoms with Crippen LogP contribution in [0.3, 0.4) is 0 Å². The highest BCUT2D eigenvalue weighted by molar-refractivity contribution is 6.30. The molecule has 1 aliphatic heterocycles. The molecule has 0 spiro atoms. The van der Waals surface area contributed by atoms with E-state index in [-0.39, 0.29) is 17.7 Å². The van der Waals surface area contributed by atoms with E-state index in [4.69, 9.17) is 21.1 Å². The minimum atomic E-state index is -0.191. The van der Waals surface area contributed by atoms with Crippen molar-refractivity contribution in [2.75, 3.05) is 27.3 Å². The zero-order valence-corrected chi connectivity index (χ0v) is 17.7. The Bertz CT molecular complexity index is 922. The number of hydrogen-bond donors (Lipinski definition) is 1. The van der Waals surface area contributed by atoms with Gasteiger partial charge in [-0.1, -0.05) is 17.7 Å². The van der Waals surface area contributed by atoms with Gasteiger partial charge >= 0.3 is 0 Å². The quantitative estimate of drug-likeness (QED) is 0.564. The molecule has 30 heavy (non-hydrogen) atoms. The number of piperidine rings is 1. The molecule has 1 saturated heterocycles. The third-order valence-corrected chi connectivity index (χ3v) is 5.31. The minimum Gasteiger partial charge on any atom is -0.493 e. The molecule has 2 amide bonds. The third-order valence-electron chi connectivity index (χ3n) is 5.06. The van der Waals surface area contributed by atoms with Gasteiger partial charge in [-0.15, -0.1) is 0 Å². The summed E-state index contributed by atoms with van der Waals surface area (Å²) in [6.45, 7) is 1.04. The fourth-order valence-electron chi connectivity index (χ4n) is 3.39. The molecule has 0 bridgehead atoms. The van der Waals surface area contributed by atoms with E-state index in [1.165, 1.54) is 6.21 Å². The molecule has 0 aliphatic carbocycles. The lowest BCUT2D eigenvalue weighted by Gasteiger charge is -2.31. The molecule has 1 N–H and O–H groups in total. The number of benzene rings is 2. The molecular formula is C22H24ClN3O4. The van der Waals surface area contributed by atoms with Crippen LogP contribution in [0.4, 0.5) is 0 Å². The van der Waals surface area contributed by atoms with Crippen LogP contribution in [0.5, 0.6) is 11.5 Å². The minimum absolute atomic E-state index is 0.0475. The molecule has 7 nitrogen and oxygen atoms in total. The van der Waals surface area contributed by atoms with Crippen molar-refractivity contribution in [3.8, 4) is 11.5 Å². The molecule has 0 atom stereocenters. The van der Waals surface area contributed by atoms with E-state index in [9.17, 15) is 9.59 Å². The standard InChI is InChI=1S/C22H24ClN3O4/c1-29-19-5-3-4-17(20(19)30-2)14-24-25-21(27)15-10-12-26(13-11-15)22(28)16-6-8-18(23)9-7-16/h3-9,14-15H,10-13H2,1-2H3,(H,25,27)/b24-14-. The van der Waals surface area contributed by atoms with Gasteiger partial charge < -0.3 is 14.4 Å². The number of nitrogens with zero attached hydrogens (tertiary/aromatic N) is 2. The maximum absolute atomic E-state index is 12.6. The van der Waals surface area contributed by atoms with Crippen LogP contribution in [0.25, 0.3) is 0 Å². The zero-order valence-electron chi connectivity index (χ0n) is 16.9. The van der Waals surface area contributed by atoms with Crippen LogP contribution in [-0.4, -0.2) is 50.2 Å². The van der Waals surface area contributed by atoms with Crippen molar-refractivity contribution in [3.63, 3.8) is 0 Å². The Hall–Kier alpha value is -3.06. The largest absolute Gasteiger partial charge is 0.493 e. The molecule has 1 heterocycles. The second-order valence-electron chi connectivity index (χ2n) is 6.89. The highest BCUT2D eigenvalue weighted by atomic mass is 35.5. The van der Waals surface area contributed by atoms with E-state index < -0.39 is 0 Å². The zero-order chi connectivity index (χ0) is 21.5. The number of halogens is 1. The molecular weight excluding hydrogens is 406 g/mol. The Morgan fingerprint density at radius 3 is 2.43 bits per heavy atom. The molecule has 2 aromatic rings. The molecule has 8 heteroatoms. The molecule has 0 unspecified atom stereocenters. The molecule has 0 saturated carbocycles. The number of methoxy groups -OCH3 is 2. The average Bonchev–Trinajstić information content (AvgIpc) is 2.78. The number of rotatable bonds is 6. The van der Waals surface area contributed by atoms with Gasteiger partial charge in [-0.05, 0) is 49.2 Å². The fraction of sp³-hybridized carbons (Fsp3) is 0.318. The lowest BCUT2D eigenvalue weighted by Crippen LogP contribution is -2.42. The summed E-state index contributed by atoms with van der Waals surface area (Å²) in [7, 11) is 3.11. The van der Waals surface area contributed by atoms with Gasteiger partial charge in [0, 0.05) is 35.2 Å². The predicted molar refractivity (Wildman–Crippen MR) is 115 cm³/mol. The number of para-hydroxylation sites is 1. The van der Waals surface area contributed by atoms with Crippen molar-refractivity contribution in [2.45, 2.75) is 12.8 Å². The van der Waals surface area contributed by atoms with Crippen LogP contribution in [0, 0.1) is 5.92 Å². The van der Waals surface area contributed by atoms with Crippen LogP contribution in [0.2, 0.25) is 5.02 Å². The van der Waals surface area contributed by atoms with E-state index >= 15 is 0 Å². The first-order valence-electron chi connectivity index (χ1n) is 9.62. The Morgan fingerprint density at radius 2 is 1.80 bits per heavy atom. The van der Waals surface area contributed by atoms with Gasteiger partial charge in [0.05, 0.1) is 20.4 Å². The SMILES string of the molecule is COc1cccc(/C=N\NC(=O)C2CCN(C(=O)c3ccc(Cl)cc3)CC2)c1OC. The Kier molecular flexibility index (Phi) is 7.30. The molecule has 1 fully saturated rings. The molecule has 2 aromatic carbocycles. The highest BCUT2D eigenvalue weighted by Crippen LogP contribution is 2.29. The molecule has 0 radical (unpaired) electrons. The van der Waals surface area contributed by atoms with Crippen molar-refractivity contribution in [1.29, 1.82) is 0 Å².